The van der Waals surface area contributed by atoms with Gasteiger partial charge >= 0.3 is 0 Å². The van der Waals surface area contributed by atoms with Gasteiger partial charge < -0.3 is 4.90 Å². The molecular weight excluding hydrogens is 258 g/mol. The molecule has 1 amide bonds. The summed E-state index contributed by atoms with van der Waals surface area (Å²) >= 11 is 1.52. The van der Waals surface area contributed by atoms with Crippen molar-refractivity contribution in [2.75, 3.05) is 14.1 Å². The van der Waals surface area contributed by atoms with Crippen molar-refractivity contribution >= 4 is 17.2 Å². The van der Waals surface area contributed by atoms with Crippen molar-refractivity contribution in [3.63, 3.8) is 0 Å². The fourth-order valence-electron chi connectivity index (χ4n) is 1.94. The summed E-state index contributed by atoms with van der Waals surface area (Å²) in [5, 5.41) is 4.49. The largest absolute Gasteiger partial charge is 0.344 e. The molecule has 0 radical (unpaired) electrons. The molecule has 0 aliphatic rings. The van der Waals surface area contributed by atoms with Gasteiger partial charge in [-0.1, -0.05) is 6.92 Å². The first-order valence-electron chi connectivity index (χ1n) is 6.39. The minimum Gasteiger partial charge on any atom is -0.344 e. The molecule has 2 aromatic rings. The molecule has 0 atom stereocenters. The Morgan fingerprint density at radius 3 is 2.79 bits per heavy atom. The first-order valence-corrected chi connectivity index (χ1v) is 7.21. The van der Waals surface area contributed by atoms with Gasteiger partial charge in [0, 0.05) is 20.6 Å². The number of nitrogens with zero attached hydrogens (tertiary/aromatic N) is 3. The smallest absolute Gasteiger partial charge is 0.263 e. The van der Waals surface area contributed by atoms with E-state index in [-0.39, 0.29) is 5.91 Å². The number of thiophene rings is 1. The van der Waals surface area contributed by atoms with Gasteiger partial charge in [-0.15, -0.1) is 11.3 Å². The molecule has 19 heavy (non-hydrogen) atoms. The molecule has 102 valence electrons. The Kier molecular flexibility index (Phi) is 4.04. The molecule has 2 rings (SSSR count). The number of amides is 1. The van der Waals surface area contributed by atoms with Crippen LogP contribution in [0.5, 0.6) is 0 Å². The third-order valence-corrected chi connectivity index (χ3v) is 3.91. The molecule has 0 saturated carbocycles. The average molecular weight is 277 g/mol. The van der Waals surface area contributed by atoms with Crippen LogP contribution in [-0.2, 0) is 6.54 Å². The van der Waals surface area contributed by atoms with Gasteiger partial charge in [0.05, 0.1) is 21.1 Å². The van der Waals surface area contributed by atoms with Gasteiger partial charge in [0.25, 0.3) is 5.91 Å². The van der Waals surface area contributed by atoms with E-state index in [2.05, 4.69) is 18.1 Å². The van der Waals surface area contributed by atoms with Crippen LogP contribution in [0.2, 0.25) is 0 Å². The van der Waals surface area contributed by atoms with Crippen LogP contribution in [0.4, 0.5) is 0 Å². The predicted octanol–water partition coefficient (Wildman–Crippen LogP) is 3.03. The van der Waals surface area contributed by atoms with Crippen LogP contribution in [0.1, 0.15) is 28.7 Å². The molecule has 5 heteroatoms. The van der Waals surface area contributed by atoms with Crippen molar-refractivity contribution in [2.24, 2.45) is 0 Å². The van der Waals surface area contributed by atoms with E-state index in [9.17, 15) is 4.79 Å². The Bertz CT molecular complexity index is 583. The van der Waals surface area contributed by atoms with Crippen LogP contribution in [0, 0.1) is 6.92 Å². The van der Waals surface area contributed by atoms with Gasteiger partial charge in [-0.2, -0.15) is 5.10 Å². The standard InChI is InChI=1S/C14H19N3OS/c1-5-8-17-11(9-10(2)15-17)12-6-7-13(19-12)14(18)16(3)4/h6-7,9H,5,8H2,1-4H3. The number of carbonyl (C=O) groups excluding carboxylic acids is 1. The lowest BCUT2D eigenvalue weighted by atomic mass is 10.3. The van der Waals surface area contributed by atoms with E-state index in [1.807, 2.05) is 23.7 Å². The van der Waals surface area contributed by atoms with Gasteiger partial charge in [0.2, 0.25) is 0 Å². The topological polar surface area (TPSA) is 38.1 Å². The maximum Gasteiger partial charge on any atom is 0.263 e. The summed E-state index contributed by atoms with van der Waals surface area (Å²) in [6.07, 6.45) is 1.04. The summed E-state index contributed by atoms with van der Waals surface area (Å²) in [7, 11) is 3.54. The van der Waals surface area contributed by atoms with E-state index in [1.54, 1.807) is 19.0 Å². The van der Waals surface area contributed by atoms with Gasteiger partial charge in [-0.25, -0.2) is 0 Å². The lowest BCUT2D eigenvalue weighted by Crippen LogP contribution is -2.20. The van der Waals surface area contributed by atoms with Crippen molar-refractivity contribution < 1.29 is 4.79 Å². The third kappa shape index (κ3) is 2.87. The van der Waals surface area contributed by atoms with Crippen molar-refractivity contribution in [1.29, 1.82) is 0 Å². The second kappa shape index (κ2) is 5.57. The molecule has 0 aromatic carbocycles. The SMILES string of the molecule is CCCn1nc(C)cc1-c1ccc(C(=O)N(C)C)s1. The lowest BCUT2D eigenvalue weighted by Gasteiger charge is -2.07. The molecule has 2 heterocycles. The lowest BCUT2D eigenvalue weighted by molar-refractivity contribution is 0.0832. The number of rotatable bonds is 4. The van der Waals surface area contributed by atoms with Crippen molar-refractivity contribution in [2.45, 2.75) is 26.8 Å². The number of hydrogen-bond donors (Lipinski definition) is 0. The summed E-state index contributed by atoms with van der Waals surface area (Å²) < 4.78 is 2.02. The zero-order chi connectivity index (χ0) is 14.0. The summed E-state index contributed by atoms with van der Waals surface area (Å²) in [6, 6.07) is 5.97. The molecule has 2 aromatic heterocycles. The highest BCUT2D eigenvalue weighted by Gasteiger charge is 2.14. The second-order valence-electron chi connectivity index (χ2n) is 4.76. The minimum atomic E-state index is 0.0505. The van der Waals surface area contributed by atoms with E-state index in [1.165, 1.54) is 11.3 Å². The van der Waals surface area contributed by atoms with Crippen LogP contribution in [0.15, 0.2) is 18.2 Å². The highest BCUT2D eigenvalue weighted by atomic mass is 32.1. The fraction of sp³-hybridized carbons (Fsp3) is 0.429. The fourth-order valence-corrected chi connectivity index (χ4v) is 2.98. The minimum absolute atomic E-state index is 0.0505. The van der Waals surface area contributed by atoms with Crippen LogP contribution in [0.25, 0.3) is 10.6 Å². The molecule has 0 spiro atoms. The van der Waals surface area contributed by atoms with Crippen LogP contribution >= 0.6 is 11.3 Å². The van der Waals surface area contributed by atoms with E-state index in [0.29, 0.717) is 0 Å². The van der Waals surface area contributed by atoms with Crippen molar-refractivity contribution in [1.82, 2.24) is 14.7 Å². The van der Waals surface area contributed by atoms with Crippen LogP contribution < -0.4 is 0 Å². The first kappa shape index (κ1) is 13.8. The molecule has 0 fully saturated rings. The Morgan fingerprint density at radius 1 is 1.42 bits per heavy atom. The van der Waals surface area contributed by atoms with E-state index in [0.717, 1.165) is 34.1 Å². The quantitative estimate of drug-likeness (QED) is 0.861. The molecule has 0 saturated heterocycles. The number of hydrogen-bond acceptors (Lipinski definition) is 3. The third-order valence-electron chi connectivity index (χ3n) is 2.81. The molecule has 4 nitrogen and oxygen atoms in total. The van der Waals surface area contributed by atoms with Crippen LogP contribution in [-0.4, -0.2) is 34.7 Å². The number of aryl methyl sites for hydroxylation is 2. The Balaban J connectivity index is 2.35. The summed E-state index contributed by atoms with van der Waals surface area (Å²) in [5.41, 5.74) is 2.11. The molecule has 0 unspecified atom stereocenters. The second-order valence-corrected chi connectivity index (χ2v) is 5.84. The number of aromatic nitrogens is 2. The molecular formula is C14H19N3OS. The maximum absolute atomic E-state index is 11.9. The Hall–Kier alpha value is -1.62. The average Bonchev–Trinajstić information content (AvgIpc) is 2.95. The monoisotopic (exact) mass is 277 g/mol. The molecule has 0 bridgehead atoms. The van der Waals surface area contributed by atoms with E-state index >= 15 is 0 Å². The normalized spacial score (nSPS) is 10.7. The summed E-state index contributed by atoms with van der Waals surface area (Å²) in [4.78, 5) is 15.4. The Morgan fingerprint density at radius 2 is 2.16 bits per heavy atom. The zero-order valence-electron chi connectivity index (χ0n) is 11.8. The Labute approximate surface area is 117 Å². The zero-order valence-corrected chi connectivity index (χ0v) is 12.6. The highest BCUT2D eigenvalue weighted by Crippen LogP contribution is 2.29. The molecule has 0 N–H and O–H groups in total. The summed E-state index contributed by atoms with van der Waals surface area (Å²) in [6.45, 7) is 5.03. The molecule has 0 aliphatic heterocycles. The summed E-state index contributed by atoms with van der Waals surface area (Å²) in [5.74, 6) is 0.0505. The van der Waals surface area contributed by atoms with E-state index < -0.39 is 0 Å². The van der Waals surface area contributed by atoms with Crippen molar-refractivity contribution in [3.8, 4) is 10.6 Å². The van der Waals surface area contributed by atoms with Crippen molar-refractivity contribution in [3.05, 3.63) is 28.8 Å². The molecule has 0 aliphatic carbocycles. The van der Waals surface area contributed by atoms with Gasteiger partial charge in [-0.3, -0.25) is 9.48 Å². The number of carbonyl (C=O) groups is 1. The van der Waals surface area contributed by atoms with Crippen LogP contribution in [0.3, 0.4) is 0 Å². The predicted molar refractivity (Wildman–Crippen MR) is 78.6 cm³/mol. The van der Waals surface area contributed by atoms with Gasteiger partial charge in [-0.05, 0) is 31.5 Å². The van der Waals surface area contributed by atoms with Gasteiger partial charge in [0.1, 0.15) is 0 Å². The maximum atomic E-state index is 11.9. The van der Waals surface area contributed by atoms with E-state index in [4.69, 9.17) is 0 Å². The highest BCUT2D eigenvalue weighted by molar-refractivity contribution is 7.17. The van der Waals surface area contributed by atoms with Gasteiger partial charge in [0.15, 0.2) is 0 Å². The first-order chi connectivity index (χ1) is 9.02.